The summed E-state index contributed by atoms with van der Waals surface area (Å²) in [5, 5.41) is 5.87. The van der Waals surface area contributed by atoms with Crippen molar-refractivity contribution in [3.05, 3.63) is 89.7 Å². The first kappa shape index (κ1) is 21.6. The van der Waals surface area contributed by atoms with Gasteiger partial charge in [0.25, 0.3) is 5.91 Å². The summed E-state index contributed by atoms with van der Waals surface area (Å²) < 4.78 is 1.85. The van der Waals surface area contributed by atoms with E-state index in [1.165, 1.54) is 0 Å². The Kier molecular flexibility index (Phi) is 6.56. The highest BCUT2D eigenvalue weighted by Crippen LogP contribution is 2.20. The van der Waals surface area contributed by atoms with Crippen LogP contribution in [0.4, 0.5) is 5.69 Å². The summed E-state index contributed by atoms with van der Waals surface area (Å²) in [4.78, 5) is 31.1. The Balaban J connectivity index is 1.52. The Morgan fingerprint density at radius 1 is 1.00 bits per heavy atom. The molecule has 6 nitrogen and oxygen atoms in total. The molecule has 32 heavy (non-hydrogen) atoms. The average Bonchev–Trinajstić information content (AvgIpc) is 3.15. The zero-order valence-electron chi connectivity index (χ0n) is 18.0. The molecule has 0 saturated carbocycles. The van der Waals surface area contributed by atoms with Crippen molar-refractivity contribution in [3.63, 3.8) is 0 Å². The van der Waals surface area contributed by atoms with Crippen LogP contribution in [0.1, 0.15) is 21.7 Å². The summed E-state index contributed by atoms with van der Waals surface area (Å²) in [7, 11) is 0. The van der Waals surface area contributed by atoms with Crippen molar-refractivity contribution in [3.8, 4) is 0 Å². The Morgan fingerprint density at radius 2 is 1.78 bits per heavy atom. The van der Waals surface area contributed by atoms with Crippen LogP contribution < -0.4 is 10.6 Å². The number of imidazole rings is 1. The molecule has 2 amide bonds. The van der Waals surface area contributed by atoms with Crippen LogP contribution in [0.15, 0.2) is 77.7 Å². The molecule has 0 bridgehead atoms. The number of benzene rings is 3. The minimum absolute atomic E-state index is 0.0970. The molecule has 0 saturated heterocycles. The Morgan fingerprint density at radius 3 is 2.56 bits per heavy atom. The Hall–Kier alpha value is -3.58. The summed E-state index contributed by atoms with van der Waals surface area (Å²) >= 11 is 1.62. The molecule has 0 radical (unpaired) electrons. The molecule has 4 rings (SSSR count). The standard InChI is InChI=1S/C25H24N4O2S/c1-17-10-12-18(13-11-17)25(31)26-15-23-28-21-8-3-4-9-22(21)29(23)16-24(30)27-19-6-5-7-20(14-19)32-2/h3-14H,15-16H2,1-2H3,(H,26,31)(H,27,30). The van der Waals surface area contributed by atoms with Gasteiger partial charge in [-0.15, -0.1) is 11.8 Å². The predicted molar refractivity (Wildman–Crippen MR) is 129 cm³/mol. The van der Waals surface area contributed by atoms with Gasteiger partial charge in [0, 0.05) is 16.1 Å². The number of anilines is 1. The lowest BCUT2D eigenvalue weighted by molar-refractivity contribution is -0.116. The van der Waals surface area contributed by atoms with E-state index in [1.807, 2.05) is 78.4 Å². The second-order valence-corrected chi connectivity index (χ2v) is 8.31. The van der Waals surface area contributed by atoms with Gasteiger partial charge in [0.1, 0.15) is 12.4 Å². The molecule has 2 N–H and O–H groups in total. The van der Waals surface area contributed by atoms with Crippen molar-refractivity contribution in [1.82, 2.24) is 14.9 Å². The average molecular weight is 445 g/mol. The minimum atomic E-state index is -0.179. The molecule has 0 fully saturated rings. The fraction of sp³-hybridized carbons (Fsp3) is 0.160. The molecule has 4 aromatic rings. The predicted octanol–water partition coefficient (Wildman–Crippen LogP) is 4.64. The summed E-state index contributed by atoms with van der Waals surface area (Å²) in [6, 6.07) is 22.8. The number of nitrogens with one attached hydrogen (secondary N) is 2. The Bertz CT molecular complexity index is 1260. The van der Waals surface area contributed by atoms with Crippen LogP contribution in [-0.2, 0) is 17.9 Å². The maximum Gasteiger partial charge on any atom is 0.251 e. The molecule has 3 aromatic carbocycles. The summed E-state index contributed by atoms with van der Waals surface area (Å²) in [5.74, 6) is 0.291. The second kappa shape index (κ2) is 9.70. The normalized spacial score (nSPS) is 10.8. The number of aryl methyl sites for hydroxylation is 1. The van der Waals surface area contributed by atoms with Gasteiger partial charge in [0.2, 0.25) is 5.91 Å². The van der Waals surface area contributed by atoms with Gasteiger partial charge in [0.05, 0.1) is 17.6 Å². The molecule has 0 aliphatic heterocycles. The molecule has 162 valence electrons. The van der Waals surface area contributed by atoms with Crippen LogP contribution in [0, 0.1) is 6.92 Å². The van der Waals surface area contributed by atoms with Crippen LogP contribution in [0.3, 0.4) is 0 Å². The highest BCUT2D eigenvalue weighted by atomic mass is 32.2. The summed E-state index contributed by atoms with van der Waals surface area (Å²) in [6.45, 7) is 2.29. The number of nitrogens with zero attached hydrogens (tertiary/aromatic N) is 2. The molecule has 1 aromatic heterocycles. The number of para-hydroxylation sites is 2. The fourth-order valence-electron chi connectivity index (χ4n) is 3.45. The smallest absolute Gasteiger partial charge is 0.251 e. The van der Waals surface area contributed by atoms with Crippen molar-refractivity contribution in [2.45, 2.75) is 24.9 Å². The van der Waals surface area contributed by atoms with Crippen molar-refractivity contribution in [2.75, 3.05) is 11.6 Å². The maximum atomic E-state index is 12.8. The molecule has 0 aliphatic carbocycles. The van der Waals surface area contributed by atoms with Crippen LogP contribution in [0.25, 0.3) is 11.0 Å². The lowest BCUT2D eigenvalue weighted by atomic mass is 10.1. The highest BCUT2D eigenvalue weighted by Gasteiger charge is 2.15. The number of carbonyl (C=O) groups excluding carboxylic acids is 2. The van der Waals surface area contributed by atoms with Crippen molar-refractivity contribution >= 4 is 40.3 Å². The maximum absolute atomic E-state index is 12.8. The molecule has 0 aliphatic rings. The molecule has 0 unspecified atom stereocenters. The van der Waals surface area contributed by atoms with E-state index in [4.69, 9.17) is 0 Å². The third-order valence-electron chi connectivity index (χ3n) is 5.11. The first-order valence-electron chi connectivity index (χ1n) is 10.3. The number of hydrogen-bond donors (Lipinski definition) is 2. The van der Waals surface area contributed by atoms with Crippen LogP contribution >= 0.6 is 11.8 Å². The fourth-order valence-corrected chi connectivity index (χ4v) is 3.91. The van der Waals surface area contributed by atoms with Crippen molar-refractivity contribution in [2.24, 2.45) is 0 Å². The topological polar surface area (TPSA) is 76.0 Å². The van der Waals surface area contributed by atoms with Gasteiger partial charge < -0.3 is 15.2 Å². The summed E-state index contributed by atoms with van der Waals surface area (Å²) in [5.41, 5.74) is 4.06. The van der Waals surface area contributed by atoms with Crippen molar-refractivity contribution in [1.29, 1.82) is 0 Å². The molecular formula is C25H24N4O2S. The van der Waals surface area contributed by atoms with Gasteiger partial charge in [-0.2, -0.15) is 0 Å². The first-order valence-corrected chi connectivity index (χ1v) is 11.5. The second-order valence-electron chi connectivity index (χ2n) is 7.43. The molecule has 7 heteroatoms. The third-order valence-corrected chi connectivity index (χ3v) is 5.83. The largest absolute Gasteiger partial charge is 0.345 e. The van der Waals surface area contributed by atoms with E-state index in [9.17, 15) is 9.59 Å². The molecule has 0 spiro atoms. The van der Waals surface area contributed by atoms with E-state index in [0.717, 1.165) is 27.2 Å². The lowest BCUT2D eigenvalue weighted by Crippen LogP contribution is -2.26. The summed E-state index contributed by atoms with van der Waals surface area (Å²) in [6.07, 6.45) is 2.00. The zero-order valence-corrected chi connectivity index (χ0v) is 18.8. The van der Waals surface area contributed by atoms with E-state index in [-0.39, 0.29) is 24.9 Å². The first-order chi connectivity index (χ1) is 15.5. The number of hydrogen-bond acceptors (Lipinski definition) is 4. The van der Waals surface area contributed by atoms with Gasteiger partial charge in [-0.05, 0) is 55.6 Å². The molecule has 0 atom stereocenters. The monoisotopic (exact) mass is 444 g/mol. The molecular weight excluding hydrogens is 420 g/mol. The molecule has 1 heterocycles. The zero-order chi connectivity index (χ0) is 22.5. The minimum Gasteiger partial charge on any atom is -0.345 e. The van der Waals surface area contributed by atoms with Crippen LogP contribution in [0.5, 0.6) is 0 Å². The van der Waals surface area contributed by atoms with Crippen LogP contribution in [0.2, 0.25) is 0 Å². The number of amides is 2. The number of carbonyl (C=O) groups is 2. The van der Waals surface area contributed by atoms with E-state index < -0.39 is 0 Å². The lowest BCUT2D eigenvalue weighted by Gasteiger charge is -2.11. The van der Waals surface area contributed by atoms with Crippen LogP contribution in [-0.4, -0.2) is 27.6 Å². The van der Waals surface area contributed by atoms with Gasteiger partial charge in [-0.3, -0.25) is 9.59 Å². The van der Waals surface area contributed by atoms with Gasteiger partial charge in [0.15, 0.2) is 0 Å². The number of aromatic nitrogens is 2. The van der Waals surface area contributed by atoms with Crippen molar-refractivity contribution < 1.29 is 9.59 Å². The van der Waals surface area contributed by atoms with Gasteiger partial charge >= 0.3 is 0 Å². The third kappa shape index (κ3) is 5.00. The van der Waals surface area contributed by atoms with E-state index in [1.54, 1.807) is 23.9 Å². The number of fused-ring (bicyclic) bond motifs is 1. The quantitative estimate of drug-likeness (QED) is 0.407. The van der Waals surface area contributed by atoms with E-state index in [0.29, 0.717) is 11.4 Å². The van der Waals surface area contributed by atoms with E-state index in [2.05, 4.69) is 15.6 Å². The van der Waals surface area contributed by atoms with E-state index >= 15 is 0 Å². The van der Waals surface area contributed by atoms with Gasteiger partial charge in [-0.1, -0.05) is 35.9 Å². The SMILES string of the molecule is CSc1cccc(NC(=O)Cn2c(CNC(=O)c3ccc(C)cc3)nc3ccccc32)c1. The Labute approximate surface area is 191 Å². The number of rotatable bonds is 7. The van der Waals surface area contributed by atoms with Gasteiger partial charge in [-0.25, -0.2) is 4.98 Å². The number of thioether (sulfide) groups is 1. The highest BCUT2D eigenvalue weighted by molar-refractivity contribution is 7.98.